The second-order valence-electron chi connectivity index (χ2n) is 7.46. The van der Waals surface area contributed by atoms with Gasteiger partial charge in [-0.15, -0.1) is 0 Å². The zero-order valence-corrected chi connectivity index (χ0v) is 16.9. The summed E-state index contributed by atoms with van der Waals surface area (Å²) < 4.78 is 22.3. The molecule has 0 aliphatic carbocycles. The molecule has 154 valence electrons. The molecule has 0 saturated heterocycles. The van der Waals surface area contributed by atoms with E-state index in [2.05, 4.69) is 10.3 Å². The fourth-order valence-electron chi connectivity index (χ4n) is 3.97. The van der Waals surface area contributed by atoms with Gasteiger partial charge in [0.05, 0.1) is 11.6 Å². The van der Waals surface area contributed by atoms with Gasteiger partial charge in [0.1, 0.15) is 23.1 Å². The molecule has 5 rings (SSSR count). The molecule has 0 atom stereocenters. The summed E-state index contributed by atoms with van der Waals surface area (Å²) in [6.45, 7) is 2.04. The summed E-state index contributed by atoms with van der Waals surface area (Å²) >= 11 is 0. The number of amides is 1. The van der Waals surface area contributed by atoms with Crippen molar-refractivity contribution < 1.29 is 13.9 Å². The minimum Gasteiger partial charge on any atom is -0.457 e. The van der Waals surface area contributed by atoms with Crippen LogP contribution in [0.1, 0.15) is 28.4 Å². The number of para-hydroxylation sites is 2. The third-order valence-electron chi connectivity index (χ3n) is 5.51. The summed E-state index contributed by atoms with van der Waals surface area (Å²) in [6, 6.07) is 20.0. The van der Waals surface area contributed by atoms with Crippen molar-refractivity contribution in [3.8, 4) is 17.2 Å². The summed E-state index contributed by atoms with van der Waals surface area (Å²) in [5, 5.41) is 2.96. The number of aromatic nitrogens is 2. The number of rotatable bonds is 4. The van der Waals surface area contributed by atoms with E-state index in [1.165, 1.54) is 6.07 Å². The Labute approximate surface area is 179 Å². The minimum atomic E-state index is -0.487. The van der Waals surface area contributed by atoms with Gasteiger partial charge < -0.3 is 14.6 Å². The molecule has 1 aromatic heterocycles. The van der Waals surface area contributed by atoms with Gasteiger partial charge >= 0.3 is 0 Å². The van der Waals surface area contributed by atoms with Gasteiger partial charge in [-0.3, -0.25) is 4.79 Å². The highest BCUT2D eigenvalue weighted by atomic mass is 19.1. The highest BCUT2D eigenvalue weighted by molar-refractivity contribution is 5.89. The first kappa shape index (κ1) is 19.1. The molecule has 6 heteroatoms. The molecule has 31 heavy (non-hydrogen) atoms. The van der Waals surface area contributed by atoms with Crippen LogP contribution in [-0.2, 0) is 11.3 Å². The zero-order valence-electron chi connectivity index (χ0n) is 16.9. The Hall–Kier alpha value is -3.93. The van der Waals surface area contributed by atoms with E-state index in [1.54, 1.807) is 23.0 Å². The standard InChI is InChI=1S/C25H20FN3O2/c1-16-27-12-13-29(16)21-11-10-17(14-20(21)26)15-28-25(30)24-18-6-2-4-8-22(18)31-23-9-5-3-7-19(23)24/h2-14,24H,15H2,1H3,(H,28,30). The van der Waals surface area contributed by atoms with Crippen molar-refractivity contribution in [2.24, 2.45) is 0 Å². The van der Waals surface area contributed by atoms with Crippen LogP contribution < -0.4 is 10.1 Å². The van der Waals surface area contributed by atoms with Gasteiger partial charge in [0, 0.05) is 30.1 Å². The fraction of sp³-hybridized carbons (Fsp3) is 0.120. The van der Waals surface area contributed by atoms with Crippen LogP contribution in [0.2, 0.25) is 0 Å². The van der Waals surface area contributed by atoms with E-state index in [9.17, 15) is 9.18 Å². The SMILES string of the molecule is Cc1nccn1-c1ccc(CNC(=O)C2c3ccccc3Oc3ccccc32)cc1F. The van der Waals surface area contributed by atoms with Crippen molar-refractivity contribution in [2.45, 2.75) is 19.4 Å². The van der Waals surface area contributed by atoms with Crippen LogP contribution >= 0.6 is 0 Å². The van der Waals surface area contributed by atoms with Gasteiger partial charge in [0.2, 0.25) is 5.91 Å². The molecule has 0 radical (unpaired) electrons. The summed E-state index contributed by atoms with van der Waals surface area (Å²) in [5.74, 6) is 1.04. The number of carbonyl (C=O) groups excluding carboxylic acids is 1. The lowest BCUT2D eigenvalue weighted by molar-refractivity contribution is -0.122. The third-order valence-corrected chi connectivity index (χ3v) is 5.51. The van der Waals surface area contributed by atoms with E-state index >= 15 is 0 Å². The van der Waals surface area contributed by atoms with Crippen LogP contribution in [0.25, 0.3) is 5.69 Å². The normalized spacial score (nSPS) is 12.6. The van der Waals surface area contributed by atoms with Crippen LogP contribution in [-0.4, -0.2) is 15.5 Å². The molecule has 5 nitrogen and oxygen atoms in total. The number of halogens is 1. The van der Waals surface area contributed by atoms with E-state index in [4.69, 9.17) is 4.74 Å². The van der Waals surface area contributed by atoms with Crippen molar-refractivity contribution in [2.75, 3.05) is 0 Å². The van der Waals surface area contributed by atoms with Gasteiger partial charge in [-0.05, 0) is 36.8 Å². The zero-order chi connectivity index (χ0) is 21.4. The maximum Gasteiger partial charge on any atom is 0.232 e. The number of aryl methyl sites for hydroxylation is 1. The van der Waals surface area contributed by atoms with E-state index in [0.717, 1.165) is 11.1 Å². The van der Waals surface area contributed by atoms with Crippen LogP contribution in [0.15, 0.2) is 79.1 Å². The summed E-state index contributed by atoms with van der Waals surface area (Å²) in [4.78, 5) is 17.3. The molecule has 0 spiro atoms. The number of benzene rings is 3. The van der Waals surface area contributed by atoms with Crippen molar-refractivity contribution in [3.63, 3.8) is 0 Å². The number of carbonyl (C=O) groups is 1. The molecule has 4 aromatic rings. The van der Waals surface area contributed by atoms with Gasteiger partial charge in [0.25, 0.3) is 0 Å². The Morgan fingerprint density at radius 2 is 1.74 bits per heavy atom. The first-order chi connectivity index (χ1) is 15.1. The summed E-state index contributed by atoms with van der Waals surface area (Å²) in [5.41, 5.74) is 2.74. The number of nitrogens with zero attached hydrogens (tertiary/aromatic N) is 2. The number of imidazole rings is 1. The summed E-state index contributed by atoms with van der Waals surface area (Å²) in [6.07, 6.45) is 3.35. The first-order valence-corrected chi connectivity index (χ1v) is 10.0. The molecule has 0 unspecified atom stereocenters. The third kappa shape index (κ3) is 3.46. The monoisotopic (exact) mass is 413 g/mol. The number of fused-ring (bicyclic) bond motifs is 2. The molecule has 1 N–H and O–H groups in total. The Bertz CT molecular complexity index is 1240. The van der Waals surface area contributed by atoms with Gasteiger partial charge in [-0.25, -0.2) is 9.37 Å². The summed E-state index contributed by atoms with van der Waals surface area (Å²) in [7, 11) is 0. The lowest BCUT2D eigenvalue weighted by Crippen LogP contribution is -2.31. The fourth-order valence-corrected chi connectivity index (χ4v) is 3.97. The second-order valence-corrected chi connectivity index (χ2v) is 7.46. The molecule has 1 amide bonds. The molecular formula is C25H20FN3O2. The highest BCUT2D eigenvalue weighted by Crippen LogP contribution is 2.43. The highest BCUT2D eigenvalue weighted by Gasteiger charge is 2.32. The predicted octanol–water partition coefficient (Wildman–Crippen LogP) is 4.87. The average Bonchev–Trinajstić information content (AvgIpc) is 3.21. The van der Waals surface area contributed by atoms with Crippen LogP contribution in [0.5, 0.6) is 11.5 Å². The van der Waals surface area contributed by atoms with Crippen molar-refractivity contribution >= 4 is 5.91 Å². The lowest BCUT2D eigenvalue weighted by atomic mass is 9.87. The molecule has 2 heterocycles. The molecule has 0 fully saturated rings. The molecule has 0 bridgehead atoms. The van der Waals surface area contributed by atoms with Crippen LogP contribution in [0.3, 0.4) is 0 Å². The largest absolute Gasteiger partial charge is 0.457 e. The lowest BCUT2D eigenvalue weighted by Gasteiger charge is -2.27. The number of ether oxygens (including phenoxy) is 1. The quantitative estimate of drug-likeness (QED) is 0.519. The maximum atomic E-state index is 14.7. The molecule has 1 aliphatic heterocycles. The van der Waals surface area contributed by atoms with Crippen molar-refractivity contribution in [1.82, 2.24) is 14.9 Å². The average molecular weight is 413 g/mol. The van der Waals surface area contributed by atoms with Crippen LogP contribution in [0.4, 0.5) is 4.39 Å². The van der Waals surface area contributed by atoms with Gasteiger partial charge in [0.15, 0.2) is 0 Å². The van der Waals surface area contributed by atoms with E-state index in [-0.39, 0.29) is 18.3 Å². The van der Waals surface area contributed by atoms with E-state index in [1.807, 2.05) is 61.5 Å². The topological polar surface area (TPSA) is 56.2 Å². The molecular weight excluding hydrogens is 393 g/mol. The number of hydrogen-bond donors (Lipinski definition) is 1. The Morgan fingerprint density at radius 3 is 2.35 bits per heavy atom. The second kappa shape index (κ2) is 7.72. The predicted molar refractivity (Wildman–Crippen MR) is 115 cm³/mol. The molecule has 0 saturated carbocycles. The van der Waals surface area contributed by atoms with Crippen LogP contribution in [0, 0.1) is 12.7 Å². The number of nitrogens with one attached hydrogen (secondary N) is 1. The maximum absolute atomic E-state index is 14.7. The van der Waals surface area contributed by atoms with Gasteiger partial charge in [-0.2, -0.15) is 0 Å². The molecule has 3 aromatic carbocycles. The Morgan fingerprint density at radius 1 is 1.06 bits per heavy atom. The number of hydrogen-bond acceptors (Lipinski definition) is 3. The Balaban J connectivity index is 1.38. The minimum absolute atomic E-state index is 0.155. The van der Waals surface area contributed by atoms with Crippen molar-refractivity contribution in [3.05, 3.63) is 107 Å². The first-order valence-electron chi connectivity index (χ1n) is 10.0. The smallest absolute Gasteiger partial charge is 0.232 e. The Kier molecular flexibility index (Phi) is 4.75. The molecule has 1 aliphatic rings. The van der Waals surface area contributed by atoms with E-state index < -0.39 is 5.92 Å². The van der Waals surface area contributed by atoms with Gasteiger partial charge in [-0.1, -0.05) is 42.5 Å². The van der Waals surface area contributed by atoms with Crippen molar-refractivity contribution in [1.29, 1.82) is 0 Å². The van der Waals surface area contributed by atoms with E-state index in [0.29, 0.717) is 28.6 Å².